The lowest BCUT2D eigenvalue weighted by atomic mass is 10.2. The monoisotopic (exact) mass is 395 g/mol. The number of hydrogen-bond donors (Lipinski definition) is 2. The van der Waals surface area contributed by atoms with Gasteiger partial charge in [0, 0.05) is 22.8 Å². The van der Waals surface area contributed by atoms with E-state index >= 15 is 0 Å². The minimum absolute atomic E-state index is 0.512. The molecule has 0 aliphatic rings. The fraction of sp³-hybridized carbons (Fsp3) is 0.105. The van der Waals surface area contributed by atoms with Crippen LogP contribution in [-0.4, -0.2) is 19.9 Å². The summed E-state index contributed by atoms with van der Waals surface area (Å²) in [5.74, 6) is 1.57. The second-order valence-electron chi connectivity index (χ2n) is 5.77. The van der Waals surface area contributed by atoms with Crippen molar-refractivity contribution in [3.05, 3.63) is 81.5 Å². The maximum atomic E-state index is 5.80. The van der Waals surface area contributed by atoms with Crippen LogP contribution in [0.3, 0.4) is 0 Å². The van der Waals surface area contributed by atoms with Crippen molar-refractivity contribution >= 4 is 23.6 Å². The van der Waals surface area contributed by atoms with Crippen LogP contribution < -0.4 is 10.2 Å². The third kappa shape index (κ3) is 4.24. The number of hydrogen-bond acceptors (Lipinski definition) is 6. The zero-order valence-electron chi connectivity index (χ0n) is 14.3. The van der Waals surface area contributed by atoms with Gasteiger partial charge < -0.3 is 10.2 Å². The molecule has 0 saturated carbocycles. The fourth-order valence-corrected chi connectivity index (χ4v) is 3.37. The van der Waals surface area contributed by atoms with Crippen molar-refractivity contribution in [1.82, 2.24) is 19.9 Å². The highest BCUT2D eigenvalue weighted by Crippen LogP contribution is 2.18. The van der Waals surface area contributed by atoms with Crippen LogP contribution in [0.5, 0.6) is 5.75 Å². The van der Waals surface area contributed by atoms with Crippen LogP contribution in [0.1, 0.15) is 10.4 Å². The highest BCUT2D eigenvalue weighted by Gasteiger charge is 2.08. The number of H-pyrrole nitrogens is 1. The Kier molecular flexibility index (Phi) is 5.27. The quantitative estimate of drug-likeness (QED) is 0.454. The fourth-order valence-electron chi connectivity index (χ4n) is 2.56. The molecule has 0 radical (unpaired) electrons. The van der Waals surface area contributed by atoms with Gasteiger partial charge in [-0.2, -0.15) is 5.10 Å². The first-order valence-corrected chi connectivity index (χ1v) is 9.64. The zero-order valence-corrected chi connectivity index (χ0v) is 16.0. The Morgan fingerprint density at radius 1 is 1.11 bits per heavy atom. The van der Waals surface area contributed by atoms with Gasteiger partial charge in [0.05, 0.1) is 6.54 Å². The summed E-state index contributed by atoms with van der Waals surface area (Å²) in [6, 6.07) is 15.9. The molecule has 0 aliphatic heterocycles. The van der Waals surface area contributed by atoms with Gasteiger partial charge in [-0.15, -0.1) is 11.3 Å². The van der Waals surface area contributed by atoms with E-state index in [1.807, 2.05) is 42.5 Å². The van der Waals surface area contributed by atoms with Gasteiger partial charge in [0.1, 0.15) is 12.4 Å². The Hall–Kier alpha value is -2.97. The normalized spacial score (nSPS) is 10.7. The summed E-state index contributed by atoms with van der Waals surface area (Å²) in [7, 11) is 0. The standard InChI is InChI=1S/C19H17N5OS2/c26-19-23-22-18(15-7-9-20-10-8-15)24(19)21-12-14-3-5-16(6-4-14)25-13-17-2-1-11-27-17/h1-11,21H,12-13H2,(H,23,26). The molecule has 4 rings (SSSR count). The maximum absolute atomic E-state index is 5.80. The average molecular weight is 396 g/mol. The molecular formula is C19H17N5OS2. The van der Waals surface area contributed by atoms with E-state index in [4.69, 9.17) is 17.0 Å². The molecule has 3 aromatic heterocycles. The van der Waals surface area contributed by atoms with E-state index in [-0.39, 0.29) is 0 Å². The lowest BCUT2D eigenvalue weighted by Gasteiger charge is -2.11. The number of aromatic nitrogens is 4. The first-order chi connectivity index (χ1) is 13.3. The Morgan fingerprint density at radius 2 is 1.93 bits per heavy atom. The van der Waals surface area contributed by atoms with Crippen LogP contribution in [0, 0.1) is 4.77 Å². The van der Waals surface area contributed by atoms with Gasteiger partial charge in [-0.05, 0) is 53.5 Å². The van der Waals surface area contributed by atoms with E-state index in [1.54, 1.807) is 28.4 Å². The van der Waals surface area contributed by atoms with Crippen LogP contribution >= 0.6 is 23.6 Å². The molecule has 27 heavy (non-hydrogen) atoms. The van der Waals surface area contributed by atoms with Crippen molar-refractivity contribution < 1.29 is 4.74 Å². The van der Waals surface area contributed by atoms with E-state index in [2.05, 4.69) is 32.1 Å². The summed E-state index contributed by atoms with van der Waals surface area (Å²) in [5.41, 5.74) is 5.36. The Bertz CT molecular complexity index is 1040. The second-order valence-corrected chi connectivity index (χ2v) is 7.19. The van der Waals surface area contributed by atoms with Gasteiger partial charge in [0.15, 0.2) is 5.82 Å². The van der Waals surface area contributed by atoms with Crippen molar-refractivity contribution in [3.8, 4) is 17.1 Å². The van der Waals surface area contributed by atoms with Crippen LogP contribution in [0.15, 0.2) is 66.3 Å². The van der Waals surface area contributed by atoms with Crippen LogP contribution in [-0.2, 0) is 13.2 Å². The SMILES string of the molecule is S=c1[nH]nc(-c2ccncc2)n1NCc1ccc(OCc2cccs2)cc1. The number of ether oxygens (including phenoxy) is 1. The number of nitrogens with one attached hydrogen (secondary N) is 2. The molecule has 0 atom stereocenters. The smallest absolute Gasteiger partial charge is 0.214 e. The van der Waals surface area contributed by atoms with Crippen LogP contribution in [0.4, 0.5) is 0 Å². The largest absolute Gasteiger partial charge is 0.488 e. The molecule has 0 aliphatic carbocycles. The molecule has 2 N–H and O–H groups in total. The summed E-state index contributed by atoms with van der Waals surface area (Å²) in [4.78, 5) is 5.24. The predicted octanol–water partition coefficient (Wildman–Crippen LogP) is 4.39. The van der Waals surface area contributed by atoms with Crippen molar-refractivity contribution in [2.24, 2.45) is 0 Å². The minimum atomic E-state index is 0.512. The highest BCUT2D eigenvalue weighted by molar-refractivity contribution is 7.71. The zero-order chi connectivity index (χ0) is 18.5. The molecule has 0 spiro atoms. The molecule has 0 amide bonds. The van der Waals surface area contributed by atoms with Gasteiger partial charge in [-0.3, -0.25) is 4.98 Å². The summed E-state index contributed by atoms with van der Waals surface area (Å²) < 4.78 is 8.08. The van der Waals surface area contributed by atoms with Crippen LogP contribution in [0.2, 0.25) is 0 Å². The van der Waals surface area contributed by atoms with Crippen molar-refractivity contribution in [3.63, 3.8) is 0 Å². The minimum Gasteiger partial charge on any atom is -0.488 e. The van der Waals surface area contributed by atoms with E-state index in [1.165, 1.54) is 4.88 Å². The van der Waals surface area contributed by atoms with Gasteiger partial charge >= 0.3 is 0 Å². The summed E-state index contributed by atoms with van der Waals surface area (Å²) in [6.07, 6.45) is 3.46. The molecule has 1 aromatic carbocycles. The topological polar surface area (TPSA) is 67.8 Å². The van der Waals surface area contributed by atoms with E-state index in [0.717, 1.165) is 22.7 Å². The van der Waals surface area contributed by atoms with Gasteiger partial charge in [0.2, 0.25) is 4.77 Å². The number of nitrogens with zero attached hydrogens (tertiary/aromatic N) is 3. The Labute approximate surface area is 165 Å². The molecule has 0 bridgehead atoms. The molecule has 0 fully saturated rings. The predicted molar refractivity (Wildman–Crippen MR) is 109 cm³/mol. The molecule has 6 nitrogen and oxygen atoms in total. The summed E-state index contributed by atoms with van der Waals surface area (Å²) >= 11 is 7.02. The first kappa shape index (κ1) is 17.4. The van der Waals surface area contributed by atoms with Gasteiger partial charge in [-0.25, -0.2) is 9.77 Å². The van der Waals surface area contributed by atoms with Gasteiger partial charge in [0.25, 0.3) is 0 Å². The maximum Gasteiger partial charge on any atom is 0.214 e. The van der Waals surface area contributed by atoms with E-state index in [0.29, 0.717) is 17.9 Å². The molecule has 136 valence electrons. The van der Waals surface area contributed by atoms with E-state index < -0.39 is 0 Å². The molecule has 3 heterocycles. The molecule has 0 saturated heterocycles. The Morgan fingerprint density at radius 3 is 2.67 bits per heavy atom. The average Bonchev–Trinajstić information content (AvgIpc) is 3.36. The highest BCUT2D eigenvalue weighted by atomic mass is 32.1. The first-order valence-electron chi connectivity index (χ1n) is 8.35. The molecule has 0 unspecified atom stereocenters. The Balaban J connectivity index is 1.41. The number of benzene rings is 1. The number of rotatable bonds is 7. The number of thiophene rings is 1. The number of pyridine rings is 1. The lowest BCUT2D eigenvalue weighted by Crippen LogP contribution is -2.15. The van der Waals surface area contributed by atoms with Crippen LogP contribution in [0.25, 0.3) is 11.4 Å². The van der Waals surface area contributed by atoms with E-state index in [9.17, 15) is 0 Å². The third-order valence-electron chi connectivity index (χ3n) is 3.94. The summed E-state index contributed by atoms with van der Waals surface area (Å²) in [5, 5.41) is 9.17. The second kappa shape index (κ2) is 8.15. The van der Waals surface area contributed by atoms with Crippen molar-refractivity contribution in [2.75, 3.05) is 5.43 Å². The summed E-state index contributed by atoms with van der Waals surface area (Å²) in [6.45, 7) is 1.20. The molecule has 4 aromatic rings. The third-order valence-corrected chi connectivity index (χ3v) is 5.06. The molecule has 8 heteroatoms. The molecular weight excluding hydrogens is 378 g/mol. The van der Waals surface area contributed by atoms with Crippen molar-refractivity contribution in [1.29, 1.82) is 0 Å². The number of aromatic amines is 1. The van der Waals surface area contributed by atoms with Gasteiger partial charge in [-0.1, -0.05) is 18.2 Å². The lowest BCUT2D eigenvalue weighted by molar-refractivity contribution is 0.310. The van der Waals surface area contributed by atoms with Crippen molar-refractivity contribution in [2.45, 2.75) is 13.2 Å².